The zero-order valence-electron chi connectivity index (χ0n) is 24.5. The largest absolute Gasteiger partial charge is 0.497 e. The van der Waals surface area contributed by atoms with E-state index in [1.807, 2.05) is 36.4 Å². The van der Waals surface area contributed by atoms with Crippen LogP contribution in [0.15, 0.2) is 36.4 Å². The second-order valence-electron chi connectivity index (χ2n) is 9.67. The number of hydrogen-bond acceptors (Lipinski definition) is 4. The Bertz CT molecular complexity index is 857. The van der Waals surface area contributed by atoms with Gasteiger partial charge in [0.1, 0.15) is 23.0 Å². The molecule has 2 rings (SSSR count). The van der Waals surface area contributed by atoms with Gasteiger partial charge in [-0.05, 0) is 61.1 Å². The first-order chi connectivity index (χ1) is 18.5. The van der Waals surface area contributed by atoms with Gasteiger partial charge in [-0.25, -0.2) is 0 Å². The van der Waals surface area contributed by atoms with Crippen molar-refractivity contribution >= 4 is 23.2 Å². The minimum Gasteiger partial charge on any atom is -0.497 e. The van der Waals surface area contributed by atoms with E-state index < -0.39 is 0 Å². The monoisotopic (exact) mass is 568 g/mol. The van der Waals surface area contributed by atoms with Crippen LogP contribution in [0, 0.1) is 11.8 Å². The van der Waals surface area contributed by atoms with Crippen LogP contribution in [0.1, 0.15) is 90.2 Å². The molecule has 216 valence electrons. The standard InChI is InChI=1S/C17H26Cl2O2.C15H24O2/c1-4-6-7-13(5-2)12-21-17-9-14(10-18)16(20-3)8-15(17)11-19;1-4-6-7-13(5-2)12-17-15-10-8-14(16-3)9-11-15/h8-9,13H,4-7,10-12H2,1-3H3;8-11,13H,4-7,12H2,1-3H3. The lowest BCUT2D eigenvalue weighted by atomic mass is 10.0. The first-order valence-corrected chi connectivity index (χ1v) is 15.3. The van der Waals surface area contributed by atoms with Gasteiger partial charge in [0.25, 0.3) is 0 Å². The summed E-state index contributed by atoms with van der Waals surface area (Å²) in [6, 6.07) is 11.7. The molecule has 6 heteroatoms. The Morgan fingerprint density at radius 2 is 1.11 bits per heavy atom. The molecule has 0 fully saturated rings. The van der Waals surface area contributed by atoms with Crippen molar-refractivity contribution < 1.29 is 18.9 Å². The number of ether oxygens (including phenoxy) is 4. The van der Waals surface area contributed by atoms with Gasteiger partial charge >= 0.3 is 0 Å². The highest BCUT2D eigenvalue weighted by atomic mass is 35.5. The number of benzene rings is 2. The Hall–Kier alpha value is -1.78. The number of alkyl halides is 2. The molecule has 2 aromatic rings. The average Bonchev–Trinajstić information content (AvgIpc) is 2.97. The Kier molecular flexibility index (Phi) is 19.0. The molecule has 0 aliphatic heterocycles. The lowest BCUT2D eigenvalue weighted by Gasteiger charge is -2.18. The molecule has 0 amide bonds. The van der Waals surface area contributed by atoms with E-state index in [9.17, 15) is 0 Å². The summed E-state index contributed by atoms with van der Waals surface area (Å²) in [7, 11) is 3.31. The normalized spacial score (nSPS) is 12.2. The van der Waals surface area contributed by atoms with E-state index in [0.29, 0.717) is 23.6 Å². The number of methoxy groups -OCH3 is 2. The van der Waals surface area contributed by atoms with E-state index in [-0.39, 0.29) is 0 Å². The van der Waals surface area contributed by atoms with Crippen LogP contribution >= 0.6 is 23.2 Å². The van der Waals surface area contributed by atoms with Gasteiger partial charge in [0.05, 0.1) is 39.2 Å². The topological polar surface area (TPSA) is 36.9 Å². The highest BCUT2D eigenvalue weighted by Gasteiger charge is 2.13. The maximum atomic E-state index is 6.02. The smallest absolute Gasteiger partial charge is 0.124 e. The summed E-state index contributed by atoms with van der Waals surface area (Å²) < 4.78 is 22.3. The molecule has 4 nitrogen and oxygen atoms in total. The molecule has 0 aromatic heterocycles. The zero-order chi connectivity index (χ0) is 28.2. The highest BCUT2D eigenvalue weighted by molar-refractivity contribution is 6.18. The number of unbranched alkanes of at least 4 members (excludes halogenated alkanes) is 2. The third-order valence-corrected chi connectivity index (χ3v) is 7.43. The van der Waals surface area contributed by atoms with Gasteiger partial charge in [0.2, 0.25) is 0 Å². The van der Waals surface area contributed by atoms with Crippen molar-refractivity contribution in [1.29, 1.82) is 0 Å². The Labute approximate surface area is 242 Å². The maximum Gasteiger partial charge on any atom is 0.124 e. The molecule has 0 aliphatic carbocycles. The van der Waals surface area contributed by atoms with Crippen LogP contribution in [0.4, 0.5) is 0 Å². The van der Waals surface area contributed by atoms with Crippen LogP contribution in [0.3, 0.4) is 0 Å². The second-order valence-corrected chi connectivity index (χ2v) is 10.2. The number of rotatable bonds is 18. The summed E-state index contributed by atoms with van der Waals surface area (Å²) in [6.45, 7) is 10.5. The van der Waals surface area contributed by atoms with Crippen molar-refractivity contribution in [3.63, 3.8) is 0 Å². The van der Waals surface area contributed by atoms with E-state index >= 15 is 0 Å². The summed E-state index contributed by atoms with van der Waals surface area (Å²) in [6.07, 6.45) is 9.83. The minimum absolute atomic E-state index is 0.398. The van der Waals surface area contributed by atoms with Crippen LogP contribution < -0.4 is 18.9 Å². The lowest BCUT2D eigenvalue weighted by Crippen LogP contribution is -2.12. The molecule has 0 saturated heterocycles. The first kappa shape index (κ1) is 34.2. The lowest BCUT2D eigenvalue weighted by molar-refractivity contribution is 0.231. The first-order valence-electron chi connectivity index (χ1n) is 14.2. The minimum atomic E-state index is 0.398. The molecule has 0 aliphatic rings. The molecule has 0 saturated carbocycles. The summed E-state index contributed by atoms with van der Waals surface area (Å²) in [4.78, 5) is 0. The van der Waals surface area contributed by atoms with Gasteiger partial charge in [-0.2, -0.15) is 0 Å². The van der Waals surface area contributed by atoms with E-state index in [4.69, 9.17) is 42.1 Å². The summed E-state index contributed by atoms with van der Waals surface area (Å²) in [5, 5.41) is 0. The molecule has 2 atom stereocenters. The quantitative estimate of drug-likeness (QED) is 0.167. The fourth-order valence-electron chi connectivity index (χ4n) is 4.07. The van der Waals surface area contributed by atoms with Crippen molar-refractivity contribution in [1.82, 2.24) is 0 Å². The van der Waals surface area contributed by atoms with Crippen molar-refractivity contribution in [2.45, 2.75) is 90.8 Å². The highest BCUT2D eigenvalue weighted by Crippen LogP contribution is 2.32. The Morgan fingerprint density at radius 1 is 0.632 bits per heavy atom. The fourth-order valence-corrected chi connectivity index (χ4v) is 4.48. The van der Waals surface area contributed by atoms with Crippen molar-refractivity contribution in [3.05, 3.63) is 47.5 Å². The molecule has 0 heterocycles. The van der Waals surface area contributed by atoms with Gasteiger partial charge in [0, 0.05) is 11.1 Å². The van der Waals surface area contributed by atoms with Crippen molar-refractivity contribution in [2.24, 2.45) is 11.8 Å². The molecule has 0 N–H and O–H groups in total. The van der Waals surface area contributed by atoms with Gasteiger partial charge in [0.15, 0.2) is 0 Å². The summed E-state index contributed by atoms with van der Waals surface area (Å²) >= 11 is 12.0. The van der Waals surface area contributed by atoms with Crippen LogP contribution in [-0.2, 0) is 11.8 Å². The molecule has 38 heavy (non-hydrogen) atoms. The van der Waals surface area contributed by atoms with E-state index in [2.05, 4.69) is 27.7 Å². The predicted molar refractivity (Wildman–Crippen MR) is 163 cm³/mol. The third-order valence-electron chi connectivity index (χ3n) is 6.86. The molecular formula is C32H50Cl2O4. The molecule has 2 aromatic carbocycles. The van der Waals surface area contributed by atoms with Crippen molar-refractivity contribution in [2.75, 3.05) is 27.4 Å². The molecule has 0 bridgehead atoms. The third kappa shape index (κ3) is 12.8. The SMILES string of the molecule is CCCCC(CC)COc1cc(CCl)c(OC)cc1CCl.CCCCC(CC)COc1ccc(OC)cc1. The fraction of sp³-hybridized carbons (Fsp3) is 0.625. The molecule has 0 spiro atoms. The van der Waals surface area contributed by atoms with Gasteiger partial charge < -0.3 is 18.9 Å². The van der Waals surface area contributed by atoms with Crippen LogP contribution in [0.25, 0.3) is 0 Å². The Morgan fingerprint density at radius 3 is 1.55 bits per heavy atom. The zero-order valence-corrected chi connectivity index (χ0v) is 26.0. The van der Waals surface area contributed by atoms with E-state index in [1.54, 1.807) is 14.2 Å². The number of halogens is 2. The van der Waals surface area contributed by atoms with Crippen LogP contribution in [-0.4, -0.2) is 27.4 Å². The second kappa shape index (κ2) is 21.1. The Balaban J connectivity index is 0.000000389. The molecule has 2 unspecified atom stereocenters. The predicted octanol–water partition coefficient (Wildman–Crippen LogP) is 10.1. The summed E-state index contributed by atoms with van der Waals surface area (Å²) in [5.41, 5.74) is 1.89. The van der Waals surface area contributed by atoms with Gasteiger partial charge in [-0.15, -0.1) is 23.2 Å². The van der Waals surface area contributed by atoms with E-state index in [0.717, 1.165) is 53.8 Å². The molecular weight excluding hydrogens is 519 g/mol. The summed E-state index contributed by atoms with van der Waals surface area (Å²) in [5.74, 6) is 5.47. The van der Waals surface area contributed by atoms with Crippen LogP contribution in [0.5, 0.6) is 23.0 Å². The van der Waals surface area contributed by atoms with Gasteiger partial charge in [-0.1, -0.05) is 66.2 Å². The van der Waals surface area contributed by atoms with Gasteiger partial charge in [-0.3, -0.25) is 0 Å². The average molecular weight is 570 g/mol. The maximum absolute atomic E-state index is 6.02. The number of hydrogen-bond donors (Lipinski definition) is 0. The van der Waals surface area contributed by atoms with Crippen molar-refractivity contribution in [3.8, 4) is 23.0 Å². The van der Waals surface area contributed by atoms with Crippen LogP contribution in [0.2, 0.25) is 0 Å². The molecule has 0 radical (unpaired) electrons. The van der Waals surface area contributed by atoms with E-state index in [1.165, 1.54) is 44.9 Å².